The Hall–Kier alpha value is -2.33. The molecule has 0 aliphatic carbocycles. The number of aromatic nitrogens is 1. The number of hydrogen-bond donors (Lipinski definition) is 0. The summed E-state index contributed by atoms with van der Waals surface area (Å²) in [5.41, 5.74) is 0.915. The molecule has 3 rings (SSSR count). The first-order chi connectivity index (χ1) is 12.3. The molecular formula is C16H16F3N3O3S. The maximum Gasteiger partial charge on any atom is 0.573 e. The second-order valence-electron chi connectivity index (χ2n) is 5.59. The number of halogens is 3. The largest absolute Gasteiger partial charge is 0.573 e. The topological polar surface area (TPSA) is 62.7 Å². The van der Waals surface area contributed by atoms with Crippen LogP contribution in [-0.2, 0) is 10.0 Å². The van der Waals surface area contributed by atoms with Crippen molar-refractivity contribution >= 4 is 15.7 Å². The van der Waals surface area contributed by atoms with Gasteiger partial charge in [0.1, 0.15) is 10.6 Å². The Morgan fingerprint density at radius 1 is 0.962 bits per heavy atom. The zero-order valence-corrected chi connectivity index (χ0v) is 14.4. The summed E-state index contributed by atoms with van der Waals surface area (Å²) in [7, 11) is -4.10. The first-order valence-corrected chi connectivity index (χ1v) is 9.21. The Bertz CT molecular complexity index is 852. The van der Waals surface area contributed by atoms with E-state index in [4.69, 9.17) is 0 Å². The molecule has 2 aromatic rings. The van der Waals surface area contributed by atoms with Crippen molar-refractivity contribution in [2.75, 3.05) is 31.1 Å². The lowest BCUT2D eigenvalue weighted by atomic mass is 10.3. The first-order valence-electron chi connectivity index (χ1n) is 7.77. The Balaban J connectivity index is 1.78. The molecule has 0 amide bonds. The van der Waals surface area contributed by atoms with Crippen LogP contribution in [0, 0.1) is 0 Å². The highest BCUT2D eigenvalue weighted by Crippen LogP contribution is 2.31. The molecule has 2 heterocycles. The highest BCUT2D eigenvalue weighted by Gasteiger charge is 2.36. The van der Waals surface area contributed by atoms with Crippen LogP contribution in [0.2, 0.25) is 0 Å². The van der Waals surface area contributed by atoms with Crippen molar-refractivity contribution in [1.82, 2.24) is 9.29 Å². The quantitative estimate of drug-likeness (QED) is 0.807. The lowest BCUT2D eigenvalue weighted by molar-refractivity contribution is -0.275. The van der Waals surface area contributed by atoms with Crippen LogP contribution < -0.4 is 9.64 Å². The summed E-state index contributed by atoms with van der Waals surface area (Å²) in [6.45, 7) is 1.16. The van der Waals surface area contributed by atoms with Gasteiger partial charge in [0.15, 0.2) is 0 Å². The predicted molar refractivity (Wildman–Crippen MR) is 88.3 cm³/mol. The van der Waals surface area contributed by atoms with E-state index in [9.17, 15) is 21.6 Å². The monoisotopic (exact) mass is 387 g/mol. The van der Waals surface area contributed by atoms with Crippen molar-refractivity contribution in [2.24, 2.45) is 0 Å². The van der Waals surface area contributed by atoms with Gasteiger partial charge in [0.2, 0.25) is 10.0 Å². The van der Waals surface area contributed by atoms with Crippen LogP contribution >= 0.6 is 0 Å². The Labute approximate surface area is 148 Å². The lowest BCUT2D eigenvalue weighted by Gasteiger charge is -2.35. The van der Waals surface area contributed by atoms with Gasteiger partial charge in [-0.05, 0) is 24.3 Å². The van der Waals surface area contributed by atoms with E-state index in [-0.39, 0.29) is 13.1 Å². The summed E-state index contributed by atoms with van der Waals surface area (Å²) in [5.74, 6) is -0.725. The Morgan fingerprint density at radius 2 is 1.58 bits per heavy atom. The zero-order chi connectivity index (χ0) is 18.8. The molecule has 10 heteroatoms. The van der Waals surface area contributed by atoms with E-state index in [2.05, 4.69) is 9.72 Å². The maximum absolute atomic E-state index is 12.8. The fourth-order valence-corrected chi connectivity index (χ4v) is 4.29. The average molecular weight is 387 g/mol. The highest BCUT2D eigenvalue weighted by molar-refractivity contribution is 7.89. The van der Waals surface area contributed by atoms with E-state index in [1.165, 1.54) is 16.4 Å². The number of sulfonamides is 1. The molecule has 1 aliphatic heterocycles. The van der Waals surface area contributed by atoms with Crippen molar-refractivity contribution in [3.05, 3.63) is 48.8 Å². The van der Waals surface area contributed by atoms with E-state index >= 15 is 0 Å². The molecule has 6 nitrogen and oxygen atoms in total. The summed E-state index contributed by atoms with van der Waals surface area (Å²) < 4.78 is 68.3. The highest BCUT2D eigenvalue weighted by atomic mass is 32.2. The van der Waals surface area contributed by atoms with E-state index in [0.29, 0.717) is 13.1 Å². The molecule has 0 saturated carbocycles. The van der Waals surface area contributed by atoms with Crippen LogP contribution in [0.25, 0.3) is 0 Å². The molecule has 1 aromatic heterocycles. The maximum atomic E-state index is 12.8. The molecule has 1 saturated heterocycles. The standard InChI is InChI=1S/C16H16F3N3O3S/c17-16(18,19)25-14-3-1-2-4-15(14)26(23,24)22-11-9-21(10-12-22)13-5-7-20-8-6-13/h1-8H,9-12H2. The number of pyridine rings is 1. The second kappa shape index (κ2) is 7.12. The normalized spacial score (nSPS) is 16.5. The van der Waals surface area contributed by atoms with Crippen LogP contribution in [0.3, 0.4) is 0 Å². The number of para-hydroxylation sites is 1. The van der Waals surface area contributed by atoms with Crippen molar-refractivity contribution in [1.29, 1.82) is 0 Å². The average Bonchev–Trinajstić information content (AvgIpc) is 2.61. The van der Waals surface area contributed by atoms with Crippen molar-refractivity contribution < 1.29 is 26.3 Å². The number of piperazine rings is 1. The van der Waals surface area contributed by atoms with Crippen LogP contribution in [-0.4, -0.2) is 50.2 Å². The molecule has 0 radical (unpaired) electrons. The fourth-order valence-electron chi connectivity index (χ4n) is 2.75. The van der Waals surface area contributed by atoms with Gasteiger partial charge in [0, 0.05) is 44.3 Å². The third-order valence-electron chi connectivity index (χ3n) is 3.96. The number of nitrogens with zero attached hydrogens (tertiary/aromatic N) is 3. The minimum atomic E-state index is -4.97. The minimum absolute atomic E-state index is 0.158. The first kappa shape index (κ1) is 18.5. The zero-order valence-electron chi connectivity index (χ0n) is 13.6. The molecule has 140 valence electrons. The number of hydrogen-bond acceptors (Lipinski definition) is 5. The van der Waals surface area contributed by atoms with Crippen LogP contribution in [0.4, 0.5) is 18.9 Å². The molecule has 0 spiro atoms. The van der Waals surface area contributed by atoms with Gasteiger partial charge in [-0.15, -0.1) is 13.2 Å². The number of benzene rings is 1. The predicted octanol–water partition coefficient (Wildman–Crippen LogP) is 2.49. The molecule has 0 atom stereocenters. The van der Waals surface area contributed by atoms with E-state index in [1.807, 2.05) is 17.0 Å². The summed E-state index contributed by atoms with van der Waals surface area (Å²) in [4.78, 5) is 5.44. The molecule has 0 unspecified atom stereocenters. The van der Waals surface area contributed by atoms with Crippen molar-refractivity contribution in [3.63, 3.8) is 0 Å². The molecule has 1 fully saturated rings. The molecule has 0 N–H and O–H groups in total. The summed E-state index contributed by atoms with van der Waals surface area (Å²) >= 11 is 0. The molecule has 1 aromatic carbocycles. The summed E-state index contributed by atoms with van der Waals surface area (Å²) in [6, 6.07) is 8.40. The Kier molecular flexibility index (Phi) is 5.05. The second-order valence-corrected chi connectivity index (χ2v) is 7.50. The third kappa shape index (κ3) is 4.07. The van der Waals surface area contributed by atoms with Gasteiger partial charge in [-0.1, -0.05) is 12.1 Å². The Morgan fingerprint density at radius 3 is 2.19 bits per heavy atom. The number of rotatable bonds is 4. The number of alkyl halides is 3. The van der Waals surface area contributed by atoms with Crippen LogP contribution in [0.5, 0.6) is 5.75 Å². The summed E-state index contributed by atoms with van der Waals surface area (Å²) in [6.07, 6.45) is -1.68. The van der Waals surface area contributed by atoms with Gasteiger partial charge in [-0.2, -0.15) is 4.31 Å². The van der Waals surface area contributed by atoms with Crippen molar-refractivity contribution in [3.8, 4) is 5.75 Å². The molecule has 26 heavy (non-hydrogen) atoms. The molecular weight excluding hydrogens is 371 g/mol. The van der Waals surface area contributed by atoms with E-state index in [1.54, 1.807) is 12.4 Å². The SMILES string of the molecule is O=S(=O)(c1ccccc1OC(F)(F)F)N1CCN(c2ccncc2)CC1. The third-order valence-corrected chi connectivity index (χ3v) is 5.90. The molecule has 0 bridgehead atoms. The number of anilines is 1. The van der Waals surface area contributed by atoms with Gasteiger partial charge in [0.05, 0.1) is 0 Å². The minimum Gasteiger partial charge on any atom is -0.404 e. The van der Waals surface area contributed by atoms with Crippen LogP contribution in [0.1, 0.15) is 0 Å². The van der Waals surface area contributed by atoms with Gasteiger partial charge in [-0.25, -0.2) is 8.42 Å². The van der Waals surface area contributed by atoms with Crippen LogP contribution in [0.15, 0.2) is 53.7 Å². The van der Waals surface area contributed by atoms with Gasteiger partial charge in [0.25, 0.3) is 0 Å². The summed E-state index contributed by atoms with van der Waals surface area (Å²) in [5, 5.41) is 0. The van der Waals surface area contributed by atoms with Gasteiger partial charge in [-0.3, -0.25) is 4.98 Å². The van der Waals surface area contributed by atoms with Gasteiger partial charge >= 0.3 is 6.36 Å². The lowest BCUT2D eigenvalue weighted by Crippen LogP contribution is -2.48. The smallest absolute Gasteiger partial charge is 0.404 e. The number of ether oxygens (including phenoxy) is 1. The molecule has 1 aliphatic rings. The van der Waals surface area contributed by atoms with Crippen molar-refractivity contribution in [2.45, 2.75) is 11.3 Å². The fraction of sp³-hybridized carbons (Fsp3) is 0.312. The van der Waals surface area contributed by atoms with Gasteiger partial charge < -0.3 is 9.64 Å². The van der Waals surface area contributed by atoms with E-state index < -0.39 is 27.0 Å². The van der Waals surface area contributed by atoms with E-state index in [0.717, 1.165) is 17.8 Å².